The van der Waals surface area contributed by atoms with Crippen LogP contribution in [0.4, 0.5) is 0 Å². The summed E-state index contributed by atoms with van der Waals surface area (Å²) in [5.41, 5.74) is 5.21. The third-order valence-corrected chi connectivity index (χ3v) is 4.18. The molecule has 0 aliphatic heterocycles. The summed E-state index contributed by atoms with van der Waals surface area (Å²) in [6.07, 6.45) is 0. The zero-order valence-corrected chi connectivity index (χ0v) is 12.7. The zero-order chi connectivity index (χ0) is 13.4. The number of para-hydroxylation sites is 1. The second-order valence-corrected chi connectivity index (χ2v) is 5.89. The van der Waals surface area contributed by atoms with E-state index in [0.29, 0.717) is 0 Å². The molecule has 0 bridgehead atoms. The van der Waals surface area contributed by atoms with E-state index in [1.165, 1.54) is 27.7 Å². The van der Waals surface area contributed by atoms with Crippen LogP contribution >= 0.6 is 15.9 Å². The Morgan fingerprint density at radius 3 is 2.47 bits per heavy atom. The van der Waals surface area contributed by atoms with Crippen LogP contribution in [0.2, 0.25) is 0 Å². The molecule has 1 heterocycles. The van der Waals surface area contributed by atoms with E-state index in [0.717, 1.165) is 11.0 Å². The van der Waals surface area contributed by atoms with E-state index in [1.54, 1.807) is 0 Å². The van der Waals surface area contributed by atoms with Gasteiger partial charge in [-0.1, -0.05) is 42.0 Å². The van der Waals surface area contributed by atoms with Crippen molar-refractivity contribution in [2.75, 3.05) is 0 Å². The van der Waals surface area contributed by atoms with Crippen molar-refractivity contribution in [1.82, 2.24) is 4.57 Å². The maximum atomic E-state index is 3.67. The van der Waals surface area contributed by atoms with Crippen LogP contribution in [0.1, 0.15) is 16.8 Å². The molecular weight excluding hydrogens is 298 g/mol. The second-order valence-electron chi connectivity index (χ2n) is 5.04. The summed E-state index contributed by atoms with van der Waals surface area (Å²) in [5, 5.41) is 1.29. The highest BCUT2D eigenvalue weighted by molar-refractivity contribution is 9.10. The van der Waals surface area contributed by atoms with Gasteiger partial charge in [0.25, 0.3) is 0 Å². The summed E-state index contributed by atoms with van der Waals surface area (Å²) >= 11 is 3.67. The molecule has 0 saturated heterocycles. The van der Waals surface area contributed by atoms with E-state index in [4.69, 9.17) is 0 Å². The summed E-state index contributed by atoms with van der Waals surface area (Å²) < 4.78 is 3.52. The number of nitrogens with zero attached hydrogens (tertiary/aromatic N) is 1. The highest BCUT2D eigenvalue weighted by atomic mass is 79.9. The fourth-order valence-corrected chi connectivity index (χ4v) is 3.09. The van der Waals surface area contributed by atoms with Crippen molar-refractivity contribution in [2.24, 2.45) is 0 Å². The van der Waals surface area contributed by atoms with Crippen LogP contribution in [0.15, 0.2) is 53.0 Å². The molecule has 0 fully saturated rings. The average molecular weight is 314 g/mol. The Labute approximate surface area is 122 Å². The Morgan fingerprint density at radius 2 is 1.74 bits per heavy atom. The number of hydrogen-bond donors (Lipinski definition) is 0. The first-order valence-corrected chi connectivity index (χ1v) is 7.24. The van der Waals surface area contributed by atoms with E-state index in [2.05, 4.69) is 82.9 Å². The number of fused-ring (bicyclic) bond motifs is 1. The van der Waals surface area contributed by atoms with Crippen LogP contribution in [-0.2, 0) is 6.54 Å². The van der Waals surface area contributed by atoms with Crippen molar-refractivity contribution in [3.63, 3.8) is 0 Å². The predicted octanol–water partition coefficient (Wildman–Crippen LogP) is 5.07. The van der Waals surface area contributed by atoms with Crippen molar-refractivity contribution in [3.8, 4) is 0 Å². The van der Waals surface area contributed by atoms with E-state index in [9.17, 15) is 0 Å². The zero-order valence-electron chi connectivity index (χ0n) is 11.2. The van der Waals surface area contributed by atoms with Crippen molar-refractivity contribution >= 4 is 26.8 Å². The minimum Gasteiger partial charge on any atom is -0.340 e. The van der Waals surface area contributed by atoms with Crippen molar-refractivity contribution in [3.05, 3.63) is 69.8 Å². The number of rotatable bonds is 2. The van der Waals surface area contributed by atoms with E-state index in [-0.39, 0.29) is 0 Å². The minimum absolute atomic E-state index is 0.915. The van der Waals surface area contributed by atoms with Gasteiger partial charge in [0.05, 0.1) is 5.52 Å². The monoisotopic (exact) mass is 313 g/mol. The second kappa shape index (κ2) is 4.86. The Kier molecular flexibility index (Phi) is 3.19. The maximum Gasteiger partial charge on any atom is 0.0629 e. The van der Waals surface area contributed by atoms with Gasteiger partial charge < -0.3 is 4.57 Å². The summed E-state index contributed by atoms with van der Waals surface area (Å²) in [6, 6.07) is 17.4. The molecule has 2 heteroatoms. The quantitative estimate of drug-likeness (QED) is 0.622. The van der Waals surface area contributed by atoms with Crippen LogP contribution in [0.3, 0.4) is 0 Å². The molecule has 1 aromatic heterocycles. The van der Waals surface area contributed by atoms with Crippen LogP contribution < -0.4 is 0 Å². The molecule has 0 amide bonds. The molecule has 96 valence electrons. The van der Waals surface area contributed by atoms with E-state index < -0.39 is 0 Å². The topological polar surface area (TPSA) is 4.93 Å². The molecule has 0 radical (unpaired) electrons. The van der Waals surface area contributed by atoms with Crippen molar-refractivity contribution in [2.45, 2.75) is 20.4 Å². The van der Waals surface area contributed by atoms with Crippen LogP contribution in [0, 0.1) is 13.8 Å². The van der Waals surface area contributed by atoms with Gasteiger partial charge >= 0.3 is 0 Å². The third-order valence-electron chi connectivity index (χ3n) is 3.54. The smallest absolute Gasteiger partial charge is 0.0629 e. The van der Waals surface area contributed by atoms with Gasteiger partial charge in [0, 0.05) is 22.1 Å². The molecule has 0 N–H and O–H groups in total. The van der Waals surface area contributed by atoms with Crippen LogP contribution in [0.25, 0.3) is 10.9 Å². The van der Waals surface area contributed by atoms with Crippen molar-refractivity contribution in [1.29, 1.82) is 0 Å². The summed E-state index contributed by atoms with van der Waals surface area (Å²) in [5.74, 6) is 0. The van der Waals surface area contributed by atoms with Gasteiger partial charge in [-0.05, 0) is 47.5 Å². The largest absolute Gasteiger partial charge is 0.340 e. The molecule has 3 rings (SSSR count). The summed E-state index contributed by atoms with van der Waals surface area (Å²) in [6.45, 7) is 5.20. The fourth-order valence-electron chi connectivity index (χ4n) is 2.49. The number of halogens is 1. The molecule has 2 aromatic carbocycles. The Bertz CT molecular complexity index is 723. The molecule has 19 heavy (non-hydrogen) atoms. The van der Waals surface area contributed by atoms with Gasteiger partial charge in [0.2, 0.25) is 0 Å². The number of aryl methyl sites for hydroxylation is 2. The fraction of sp³-hybridized carbons (Fsp3) is 0.176. The molecular formula is C17H16BrN. The standard InChI is InChI=1S/C17H16BrN/c1-12-6-8-14(9-7-12)11-19-13(2)10-15-4-3-5-16(18)17(15)19/h3-10H,11H2,1-2H3. The summed E-state index contributed by atoms with van der Waals surface area (Å²) in [4.78, 5) is 0. The van der Waals surface area contributed by atoms with E-state index >= 15 is 0 Å². The molecule has 0 saturated carbocycles. The normalized spacial score (nSPS) is 11.1. The van der Waals surface area contributed by atoms with Gasteiger partial charge in [-0.15, -0.1) is 0 Å². The molecule has 1 nitrogen and oxygen atoms in total. The van der Waals surface area contributed by atoms with Gasteiger partial charge in [0.15, 0.2) is 0 Å². The lowest BCUT2D eigenvalue weighted by atomic mass is 10.1. The van der Waals surface area contributed by atoms with Gasteiger partial charge in [-0.25, -0.2) is 0 Å². The SMILES string of the molecule is Cc1ccc(Cn2c(C)cc3cccc(Br)c32)cc1. The number of hydrogen-bond acceptors (Lipinski definition) is 0. The Hall–Kier alpha value is -1.54. The first-order chi connectivity index (χ1) is 9.15. The lowest BCUT2D eigenvalue weighted by molar-refractivity contribution is 0.803. The maximum absolute atomic E-state index is 3.67. The van der Waals surface area contributed by atoms with Gasteiger partial charge in [0.1, 0.15) is 0 Å². The molecule has 0 atom stereocenters. The third kappa shape index (κ3) is 2.33. The molecule has 0 unspecified atom stereocenters. The number of aromatic nitrogens is 1. The molecule has 0 aliphatic carbocycles. The lowest BCUT2D eigenvalue weighted by Crippen LogP contribution is -2.01. The summed E-state index contributed by atoms with van der Waals surface area (Å²) in [7, 11) is 0. The average Bonchev–Trinajstić information content (AvgIpc) is 2.70. The lowest BCUT2D eigenvalue weighted by Gasteiger charge is -2.10. The first kappa shape index (κ1) is 12.5. The molecule has 0 aliphatic rings. The van der Waals surface area contributed by atoms with Crippen molar-refractivity contribution < 1.29 is 0 Å². The number of benzene rings is 2. The van der Waals surface area contributed by atoms with Crippen LogP contribution in [0.5, 0.6) is 0 Å². The van der Waals surface area contributed by atoms with Gasteiger partial charge in [-0.2, -0.15) is 0 Å². The highest BCUT2D eigenvalue weighted by Gasteiger charge is 2.08. The highest BCUT2D eigenvalue weighted by Crippen LogP contribution is 2.27. The van der Waals surface area contributed by atoms with E-state index in [1.807, 2.05) is 0 Å². The molecule has 3 aromatic rings. The van der Waals surface area contributed by atoms with Crippen LogP contribution in [-0.4, -0.2) is 4.57 Å². The Balaban J connectivity index is 2.09. The van der Waals surface area contributed by atoms with Gasteiger partial charge in [-0.3, -0.25) is 0 Å². The predicted molar refractivity (Wildman–Crippen MR) is 84.7 cm³/mol. The minimum atomic E-state index is 0.915. The molecule has 0 spiro atoms. The first-order valence-electron chi connectivity index (χ1n) is 6.45. The Morgan fingerprint density at radius 1 is 1.00 bits per heavy atom.